The molecule has 0 bridgehead atoms. The third-order valence-corrected chi connectivity index (χ3v) is 6.34. The van der Waals surface area contributed by atoms with Gasteiger partial charge in [0.1, 0.15) is 23.6 Å². The topological polar surface area (TPSA) is 105 Å². The van der Waals surface area contributed by atoms with Gasteiger partial charge in [0.15, 0.2) is 5.16 Å². The van der Waals surface area contributed by atoms with Gasteiger partial charge in [0.25, 0.3) is 5.91 Å². The van der Waals surface area contributed by atoms with Gasteiger partial charge in [-0.15, -0.1) is 0 Å². The fraction of sp³-hybridized carbons (Fsp3) is 0.409. The predicted octanol–water partition coefficient (Wildman–Crippen LogP) is 2.08. The number of amides is 2. The monoisotopic (exact) mass is 472 g/mol. The minimum atomic E-state index is -0.695. The number of imidazole rings is 1. The summed E-state index contributed by atoms with van der Waals surface area (Å²) >= 11 is 1.43. The highest BCUT2D eigenvalue weighted by Crippen LogP contribution is 2.20. The van der Waals surface area contributed by atoms with Crippen molar-refractivity contribution in [2.24, 2.45) is 7.05 Å². The van der Waals surface area contributed by atoms with E-state index in [0.717, 1.165) is 49.5 Å². The van der Waals surface area contributed by atoms with Crippen LogP contribution in [0.25, 0.3) is 11.0 Å². The molecule has 176 valence electrons. The van der Waals surface area contributed by atoms with Gasteiger partial charge in [-0.25, -0.2) is 15.2 Å². The molecular weight excluding hydrogens is 444 g/mol. The average molecular weight is 473 g/mol. The Morgan fingerprint density at radius 1 is 1.15 bits per heavy atom. The first-order valence-corrected chi connectivity index (χ1v) is 12.0. The Morgan fingerprint density at radius 2 is 1.91 bits per heavy atom. The van der Waals surface area contributed by atoms with Gasteiger partial charge >= 0.3 is 6.09 Å². The van der Waals surface area contributed by atoms with E-state index in [9.17, 15) is 9.59 Å². The quantitative estimate of drug-likeness (QED) is 0.398. The fourth-order valence-electron chi connectivity index (χ4n) is 3.77. The van der Waals surface area contributed by atoms with Crippen molar-refractivity contribution in [2.75, 3.05) is 45.6 Å². The van der Waals surface area contributed by atoms with Crippen molar-refractivity contribution in [2.45, 2.75) is 11.7 Å². The Hall–Kier alpha value is -3.02. The molecule has 0 saturated carbocycles. The molecule has 1 aliphatic rings. The molecule has 0 spiro atoms. The summed E-state index contributed by atoms with van der Waals surface area (Å²) in [7, 11) is 1.74. The number of carbonyl (C=O) groups excluding carboxylic acids is 2. The van der Waals surface area contributed by atoms with Crippen molar-refractivity contribution < 1.29 is 18.7 Å². The first kappa shape index (κ1) is 23.1. The van der Waals surface area contributed by atoms with E-state index in [0.29, 0.717) is 17.4 Å². The molecular formula is C22H28N6O4S. The molecule has 11 heteroatoms. The van der Waals surface area contributed by atoms with Crippen LogP contribution in [0.3, 0.4) is 0 Å². The number of fused-ring (bicyclic) bond motifs is 1. The zero-order valence-electron chi connectivity index (χ0n) is 18.7. The van der Waals surface area contributed by atoms with E-state index >= 15 is 0 Å². The zero-order valence-corrected chi connectivity index (χ0v) is 19.6. The normalized spacial score (nSPS) is 15.0. The van der Waals surface area contributed by atoms with Crippen LogP contribution in [0, 0.1) is 0 Å². The Labute approximate surface area is 196 Å². The van der Waals surface area contributed by atoms with Gasteiger partial charge in [0.2, 0.25) is 0 Å². The number of rotatable bonds is 7. The van der Waals surface area contributed by atoms with Gasteiger partial charge in [0.05, 0.1) is 12.7 Å². The van der Waals surface area contributed by atoms with Crippen LogP contribution in [0.2, 0.25) is 0 Å². The predicted molar refractivity (Wildman–Crippen MR) is 125 cm³/mol. The van der Waals surface area contributed by atoms with Crippen molar-refractivity contribution in [3.05, 3.63) is 48.0 Å². The molecule has 1 fully saturated rings. The van der Waals surface area contributed by atoms with E-state index in [4.69, 9.17) is 9.15 Å². The number of carbonyl (C=O) groups is 2. The molecule has 2 amide bonds. The lowest BCUT2D eigenvalue weighted by atomic mass is 10.2. The van der Waals surface area contributed by atoms with Crippen molar-refractivity contribution in [3.8, 4) is 0 Å². The minimum Gasteiger partial charge on any atom is -0.460 e. The molecule has 2 aromatic heterocycles. The van der Waals surface area contributed by atoms with Gasteiger partial charge in [-0.1, -0.05) is 30.0 Å². The number of nitrogens with one attached hydrogen (secondary N) is 2. The third-order valence-electron chi connectivity index (χ3n) is 5.60. The van der Waals surface area contributed by atoms with Crippen LogP contribution in [-0.4, -0.2) is 76.9 Å². The number of ether oxygens (including phenoxy) is 1. The second-order valence-electron chi connectivity index (χ2n) is 7.77. The van der Waals surface area contributed by atoms with Gasteiger partial charge in [-0.05, 0) is 18.4 Å². The number of nitrogens with zero attached hydrogens (tertiary/aromatic N) is 4. The first-order chi connectivity index (χ1) is 16.0. The van der Waals surface area contributed by atoms with Gasteiger partial charge in [-0.2, -0.15) is 0 Å². The maximum absolute atomic E-state index is 12.2. The molecule has 0 unspecified atom stereocenters. The maximum atomic E-state index is 12.2. The highest BCUT2D eigenvalue weighted by atomic mass is 32.2. The fourth-order valence-corrected chi connectivity index (χ4v) is 4.31. The molecule has 33 heavy (non-hydrogen) atoms. The maximum Gasteiger partial charge on any atom is 0.426 e. The summed E-state index contributed by atoms with van der Waals surface area (Å²) in [5, 5.41) is 1.84. The van der Waals surface area contributed by atoms with Gasteiger partial charge in [-0.3, -0.25) is 20.0 Å². The third kappa shape index (κ3) is 5.86. The number of furan rings is 1. The molecule has 0 atom stereocenters. The number of hydrogen-bond acceptors (Lipinski definition) is 8. The Kier molecular flexibility index (Phi) is 7.53. The van der Waals surface area contributed by atoms with Gasteiger partial charge in [0, 0.05) is 45.2 Å². The van der Waals surface area contributed by atoms with E-state index in [2.05, 4.69) is 37.8 Å². The second-order valence-corrected chi connectivity index (χ2v) is 8.55. The molecule has 2 N–H and O–H groups in total. The summed E-state index contributed by atoms with van der Waals surface area (Å²) in [5.74, 6) is 0.519. The number of piperazine rings is 1. The average Bonchev–Trinajstić information content (AvgIpc) is 3.41. The summed E-state index contributed by atoms with van der Waals surface area (Å²) < 4.78 is 12.8. The number of para-hydroxylation sites is 1. The Bertz CT molecular complexity index is 1070. The Balaban J connectivity index is 1.12. The Morgan fingerprint density at radius 3 is 2.64 bits per heavy atom. The summed E-state index contributed by atoms with van der Waals surface area (Å²) in [6, 6.07) is 10.1. The molecule has 3 aromatic rings. The minimum absolute atomic E-state index is 0.244. The largest absolute Gasteiger partial charge is 0.460 e. The van der Waals surface area contributed by atoms with E-state index in [1.54, 1.807) is 11.6 Å². The molecule has 4 rings (SSSR count). The summed E-state index contributed by atoms with van der Waals surface area (Å²) in [4.78, 5) is 32.8. The van der Waals surface area contributed by atoms with Crippen LogP contribution < -0.4 is 10.9 Å². The van der Waals surface area contributed by atoms with E-state index < -0.39 is 12.0 Å². The number of hydrogen-bond donors (Lipinski definition) is 2. The number of hydrazine groups is 1. The number of benzene rings is 1. The first-order valence-electron chi connectivity index (χ1n) is 10.7. The second kappa shape index (κ2) is 10.7. The van der Waals surface area contributed by atoms with Crippen LogP contribution in [0.5, 0.6) is 0 Å². The van der Waals surface area contributed by atoms with Crippen molar-refractivity contribution in [1.82, 2.24) is 30.2 Å². The molecule has 1 saturated heterocycles. The van der Waals surface area contributed by atoms with Crippen LogP contribution in [0.15, 0.2) is 46.1 Å². The van der Waals surface area contributed by atoms with Crippen molar-refractivity contribution >= 4 is 34.7 Å². The van der Waals surface area contributed by atoms with Crippen LogP contribution in [0.4, 0.5) is 4.79 Å². The number of thioether (sulfide) groups is 1. The lowest BCUT2D eigenvalue weighted by Crippen LogP contribution is -2.47. The standard InChI is InChI=1S/C22H28N6O4S/c1-26-18(14-23-21(26)33-2)20(29)24-25-22(30)31-12-11-27-7-9-28(10-8-27)15-17-13-16-5-3-4-6-19(16)32-17/h3-6,13-14H,7-12,15H2,1-2H3,(H,24,29)(H,25,30). The molecule has 1 aliphatic heterocycles. The van der Waals surface area contributed by atoms with Crippen LogP contribution in [0.1, 0.15) is 16.2 Å². The van der Waals surface area contributed by atoms with E-state index in [1.165, 1.54) is 18.0 Å². The number of aromatic nitrogens is 2. The van der Waals surface area contributed by atoms with Crippen molar-refractivity contribution in [3.63, 3.8) is 0 Å². The van der Waals surface area contributed by atoms with E-state index in [-0.39, 0.29) is 6.61 Å². The molecule has 0 aliphatic carbocycles. The van der Waals surface area contributed by atoms with Crippen LogP contribution in [-0.2, 0) is 18.3 Å². The van der Waals surface area contributed by atoms with Crippen molar-refractivity contribution in [1.29, 1.82) is 0 Å². The lowest BCUT2D eigenvalue weighted by Gasteiger charge is -2.33. The van der Waals surface area contributed by atoms with Crippen LogP contribution >= 0.6 is 11.8 Å². The highest BCUT2D eigenvalue weighted by Gasteiger charge is 2.19. The smallest absolute Gasteiger partial charge is 0.426 e. The summed E-state index contributed by atoms with van der Waals surface area (Å²) in [6.07, 6.45) is 2.64. The van der Waals surface area contributed by atoms with Gasteiger partial charge < -0.3 is 13.7 Å². The lowest BCUT2D eigenvalue weighted by molar-refractivity contribution is 0.0827. The molecule has 1 aromatic carbocycles. The summed E-state index contributed by atoms with van der Waals surface area (Å²) in [6.45, 7) is 5.28. The molecule has 0 radical (unpaired) electrons. The van der Waals surface area contributed by atoms with E-state index in [1.807, 2.05) is 24.5 Å². The molecule has 10 nitrogen and oxygen atoms in total. The highest BCUT2D eigenvalue weighted by molar-refractivity contribution is 7.98. The zero-order chi connectivity index (χ0) is 23.2. The molecule has 3 heterocycles. The SMILES string of the molecule is CSc1ncc(C(=O)NNC(=O)OCCN2CCN(Cc3cc4ccccc4o3)CC2)n1C. The summed E-state index contributed by atoms with van der Waals surface area (Å²) in [5.41, 5.74) is 5.88.